The van der Waals surface area contributed by atoms with Gasteiger partial charge in [0, 0.05) is 5.02 Å². The number of hydrogen-bond donors (Lipinski definition) is 0. The summed E-state index contributed by atoms with van der Waals surface area (Å²) in [6.07, 6.45) is 0. The molecule has 18 heavy (non-hydrogen) atoms. The highest BCUT2D eigenvalue weighted by atomic mass is 35.5. The molecule has 0 amide bonds. The molecule has 0 radical (unpaired) electrons. The Kier molecular flexibility index (Phi) is 4.19. The smallest absolute Gasteiger partial charge is 0.260 e. The second kappa shape index (κ2) is 5.50. The highest BCUT2D eigenvalue weighted by molar-refractivity contribution is 8.14. The van der Waals surface area contributed by atoms with Crippen molar-refractivity contribution in [3.05, 3.63) is 29.3 Å². The number of halogens is 1. The minimum absolute atomic E-state index is 0.248. The summed E-state index contributed by atoms with van der Waals surface area (Å²) in [5.74, 6) is 0.797. The molecule has 1 aliphatic heterocycles. The Morgan fingerprint density at radius 3 is 2.67 bits per heavy atom. The molecule has 2 rings (SSSR count). The average Bonchev–Trinajstić information content (AvgIpc) is 2.79. The maximum absolute atomic E-state index is 12.4. The van der Waals surface area contributed by atoms with Gasteiger partial charge in [-0.25, -0.2) is 12.7 Å². The van der Waals surface area contributed by atoms with Gasteiger partial charge in [-0.05, 0) is 30.0 Å². The third-order valence-corrected chi connectivity index (χ3v) is 5.51. The number of benzene rings is 1. The Bertz CT molecular complexity index is 555. The number of sulfonamides is 1. The van der Waals surface area contributed by atoms with Gasteiger partial charge >= 0.3 is 0 Å². The van der Waals surface area contributed by atoms with E-state index in [0.29, 0.717) is 23.3 Å². The minimum atomic E-state index is -3.50. The van der Waals surface area contributed by atoms with Crippen molar-refractivity contribution in [2.45, 2.75) is 11.8 Å². The molecule has 1 aromatic rings. The quantitative estimate of drug-likeness (QED) is 0.862. The highest BCUT2D eigenvalue weighted by Crippen LogP contribution is 2.24. The molecule has 0 bridgehead atoms. The van der Waals surface area contributed by atoms with Crippen LogP contribution in [0.1, 0.15) is 6.92 Å². The van der Waals surface area contributed by atoms with Crippen molar-refractivity contribution in [2.75, 3.05) is 18.8 Å². The summed E-state index contributed by atoms with van der Waals surface area (Å²) in [5.41, 5.74) is 0. The van der Waals surface area contributed by atoms with Crippen LogP contribution < -0.4 is 0 Å². The standard InChI is InChI=1S/C11H13ClN2O2S2/c1-2-17-11-13-7-8-14(11)18(15,16)10-5-3-9(12)4-6-10/h3-6H,2,7-8H2,1H3. The summed E-state index contributed by atoms with van der Waals surface area (Å²) in [6.45, 7) is 2.90. The van der Waals surface area contributed by atoms with E-state index < -0.39 is 10.0 Å². The summed E-state index contributed by atoms with van der Waals surface area (Å²) < 4.78 is 26.2. The molecule has 7 heteroatoms. The van der Waals surface area contributed by atoms with Crippen LogP contribution >= 0.6 is 23.4 Å². The second-order valence-electron chi connectivity index (χ2n) is 3.63. The third kappa shape index (κ3) is 2.65. The Hall–Kier alpha value is -0.720. The minimum Gasteiger partial charge on any atom is -0.260 e. The Balaban J connectivity index is 2.31. The Morgan fingerprint density at radius 2 is 2.06 bits per heavy atom. The molecule has 0 aliphatic carbocycles. The molecular weight excluding hydrogens is 292 g/mol. The van der Waals surface area contributed by atoms with Crippen molar-refractivity contribution < 1.29 is 8.42 Å². The predicted octanol–water partition coefficient (Wildman–Crippen LogP) is 2.45. The summed E-state index contributed by atoms with van der Waals surface area (Å²) in [6, 6.07) is 6.19. The number of thioether (sulfide) groups is 1. The van der Waals surface area contributed by atoms with Crippen molar-refractivity contribution >= 4 is 38.6 Å². The topological polar surface area (TPSA) is 49.7 Å². The number of rotatable bonds is 3. The average molecular weight is 305 g/mol. The molecule has 0 saturated heterocycles. The lowest BCUT2D eigenvalue weighted by atomic mass is 10.4. The summed E-state index contributed by atoms with van der Waals surface area (Å²) in [7, 11) is -3.50. The lowest BCUT2D eigenvalue weighted by molar-refractivity contribution is 0.540. The van der Waals surface area contributed by atoms with Crippen LogP contribution in [0.3, 0.4) is 0 Å². The van der Waals surface area contributed by atoms with Gasteiger partial charge in [-0.2, -0.15) is 0 Å². The van der Waals surface area contributed by atoms with Crippen LogP contribution in [0.4, 0.5) is 0 Å². The maximum atomic E-state index is 12.4. The van der Waals surface area contributed by atoms with E-state index in [1.165, 1.54) is 28.2 Å². The number of hydrogen-bond acceptors (Lipinski definition) is 4. The zero-order valence-corrected chi connectivity index (χ0v) is 12.2. The predicted molar refractivity (Wildman–Crippen MR) is 75.8 cm³/mol. The third-order valence-electron chi connectivity index (χ3n) is 2.44. The molecule has 98 valence electrons. The van der Waals surface area contributed by atoms with Gasteiger partial charge in [0.25, 0.3) is 10.0 Å². The number of amidine groups is 1. The first-order chi connectivity index (χ1) is 8.55. The molecule has 1 heterocycles. The van der Waals surface area contributed by atoms with E-state index in [1.54, 1.807) is 12.1 Å². The van der Waals surface area contributed by atoms with Crippen LogP contribution in [-0.2, 0) is 10.0 Å². The van der Waals surface area contributed by atoms with Crippen molar-refractivity contribution in [1.29, 1.82) is 0 Å². The second-order valence-corrected chi connectivity index (χ2v) is 7.16. The molecule has 0 atom stereocenters. The van der Waals surface area contributed by atoms with E-state index in [-0.39, 0.29) is 4.90 Å². The van der Waals surface area contributed by atoms with E-state index in [0.717, 1.165) is 5.75 Å². The molecule has 1 aliphatic rings. The van der Waals surface area contributed by atoms with Crippen LogP contribution in [0.2, 0.25) is 5.02 Å². The van der Waals surface area contributed by atoms with Gasteiger partial charge in [-0.3, -0.25) is 4.99 Å². The van der Waals surface area contributed by atoms with E-state index in [1.807, 2.05) is 6.92 Å². The van der Waals surface area contributed by atoms with Gasteiger partial charge in [0.15, 0.2) is 5.17 Å². The van der Waals surface area contributed by atoms with Crippen molar-refractivity contribution in [2.24, 2.45) is 4.99 Å². The molecule has 0 saturated carbocycles. The van der Waals surface area contributed by atoms with Crippen molar-refractivity contribution in [3.8, 4) is 0 Å². The monoisotopic (exact) mass is 304 g/mol. The molecule has 0 unspecified atom stereocenters. The lowest BCUT2D eigenvalue weighted by Crippen LogP contribution is -2.32. The lowest BCUT2D eigenvalue weighted by Gasteiger charge is -2.19. The first-order valence-electron chi connectivity index (χ1n) is 5.51. The number of aliphatic imine (C=N–C) groups is 1. The van der Waals surface area contributed by atoms with Crippen LogP contribution in [0.15, 0.2) is 34.2 Å². The van der Waals surface area contributed by atoms with Gasteiger partial charge in [0.1, 0.15) is 0 Å². The van der Waals surface area contributed by atoms with Crippen molar-refractivity contribution in [3.63, 3.8) is 0 Å². The van der Waals surface area contributed by atoms with E-state index in [9.17, 15) is 8.42 Å². The van der Waals surface area contributed by atoms with Crippen LogP contribution in [-0.4, -0.2) is 36.7 Å². The molecule has 4 nitrogen and oxygen atoms in total. The van der Waals surface area contributed by atoms with E-state index >= 15 is 0 Å². The normalized spacial score (nSPS) is 15.9. The summed E-state index contributed by atoms with van der Waals surface area (Å²) >= 11 is 7.21. The zero-order valence-electron chi connectivity index (χ0n) is 9.84. The number of nitrogens with zero attached hydrogens (tertiary/aromatic N) is 2. The molecule has 1 aromatic carbocycles. The van der Waals surface area contributed by atoms with Gasteiger partial charge in [0.2, 0.25) is 0 Å². The van der Waals surface area contributed by atoms with Gasteiger partial charge in [-0.1, -0.05) is 30.3 Å². The molecule has 0 aromatic heterocycles. The largest absolute Gasteiger partial charge is 0.265 e. The van der Waals surface area contributed by atoms with Crippen molar-refractivity contribution in [1.82, 2.24) is 4.31 Å². The Labute approximate surface area is 116 Å². The SMILES string of the molecule is CCSC1=NCCN1S(=O)(=O)c1ccc(Cl)cc1. The Morgan fingerprint density at radius 1 is 1.39 bits per heavy atom. The fraction of sp³-hybridized carbons (Fsp3) is 0.364. The molecule has 0 fully saturated rings. The van der Waals surface area contributed by atoms with Gasteiger partial charge < -0.3 is 0 Å². The van der Waals surface area contributed by atoms with Crippen LogP contribution in [0, 0.1) is 0 Å². The maximum Gasteiger partial charge on any atom is 0.265 e. The molecular formula is C11H13ClN2O2S2. The van der Waals surface area contributed by atoms with E-state index in [2.05, 4.69) is 4.99 Å². The molecule has 0 N–H and O–H groups in total. The first-order valence-corrected chi connectivity index (χ1v) is 8.31. The van der Waals surface area contributed by atoms with Crippen LogP contribution in [0.5, 0.6) is 0 Å². The fourth-order valence-electron chi connectivity index (χ4n) is 1.61. The van der Waals surface area contributed by atoms with Gasteiger partial charge in [0.05, 0.1) is 18.0 Å². The van der Waals surface area contributed by atoms with Gasteiger partial charge in [-0.15, -0.1) is 0 Å². The molecule has 0 spiro atoms. The first kappa shape index (κ1) is 13.7. The van der Waals surface area contributed by atoms with Crippen LogP contribution in [0.25, 0.3) is 0 Å². The highest BCUT2D eigenvalue weighted by Gasteiger charge is 2.30. The zero-order chi connectivity index (χ0) is 13.2. The summed E-state index contributed by atoms with van der Waals surface area (Å²) in [5, 5.41) is 1.10. The fourth-order valence-corrected chi connectivity index (χ4v) is 4.19. The van der Waals surface area contributed by atoms with E-state index in [4.69, 9.17) is 11.6 Å². The summed E-state index contributed by atoms with van der Waals surface area (Å²) in [4.78, 5) is 4.46.